The van der Waals surface area contributed by atoms with Gasteiger partial charge in [-0.15, -0.1) is 0 Å². The summed E-state index contributed by atoms with van der Waals surface area (Å²) in [5.74, 6) is -1.02. The summed E-state index contributed by atoms with van der Waals surface area (Å²) >= 11 is 0. The molecule has 0 amide bonds. The second-order valence-corrected chi connectivity index (χ2v) is 9.51. The molecule has 3 aromatic rings. The number of benzene rings is 2. The SMILES string of the molecule is CCCCOc1ccc(-c2nn(-c3ccccc3)cc2C2C(C(=O)OC)=C(C)NC(C)=C2C(=O)OC)cc1C. The highest BCUT2D eigenvalue weighted by Gasteiger charge is 2.40. The standard InChI is InChI=1S/C31H35N3O5/c1-7-8-16-39-25-15-14-22(17-19(25)2)29-24(18-34(33-29)23-12-10-9-11-13-23)28-26(30(35)37-5)20(3)32-21(4)27(28)31(36)38-6/h9-15,17-18,28,32H,7-8,16H2,1-6H3. The van der Waals surface area contributed by atoms with E-state index in [1.807, 2.05) is 61.7 Å². The molecule has 8 nitrogen and oxygen atoms in total. The van der Waals surface area contributed by atoms with Crippen molar-refractivity contribution in [3.8, 4) is 22.7 Å². The van der Waals surface area contributed by atoms with Crippen molar-refractivity contribution in [2.75, 3.05) is 20.8 Å². The van der Waals surface area contributed by atoms with Gasteiger partial charge >= 0.3 is 11.9 Å². The second kappa shape index (κ2) is 12.0. The van der Waals surface area contributed by atoms with Gasteiger partial charge in [-0.25, -0.2) is 14.3 Å². The van der Waals surface area contributed by atoms with E-state index in [9.17, 15) is 9.59 Å². The van der Waals surface area contributed by atoms with Crippen LogP contribution in [0, 0.1) is 6.92 Å². The van der Waals surface area contributed by atoms with Crippen LogP contribution in [0.5, 0.6) is 5.75 Å². The van der Waals surface area contributed by atoms with Crippen LogP contribution in [0.1, 0.15) is 50.7 Å². The summed E-state index contributed by atoms with van der Waals surface area (Å²) in [4.78, 5) is 26.3. The van der Waals surface area contributed by atoms with Crippen LogP contribution >= 0.6 is 0 Å². The van der Waals surface area contributed by atoms with Crippen molar-refractivity contribution >= 4 is 11.9 Å². The number of carbonyl (C=O) groups is 2. The maximum atomic E-state index is 13.1. The van der Waals surface area contributed by atoms with Gasteiger partial charge in [0.1, 0.15) is 5.75 Å². The molecule has 2 heterocycles. The van der Waals surface area contributed by atoms with Gasteiger partial charge in [0.05, 0.1) is 49.3 Å². The second-order valence-electron chi connectivity index (χ2n) is 9.51. The molecule has 0 spiro atoms. The molecule has 0 saturated carbocycles. The number of allylic oxidation sites excluding steroid dienone is 2. The number of nitrogens with one attached hydrogen (secondary N) is 1. The zero-order valence-electron chi connectivity index (χ0n) is 23.3. The van der Waals surface area contributed by atoms with Crippen LogP contribution < -0.4 is 10.1 Å². The van der Waals surface area contributed by atoms with E-state index < -0.39 is 17.9 Å². The Labute approximate surface area is 229 Å². The van der Waals surface area contributed by atoms with Crippen LogP contribution in [-0.4, -0.2) is 42.5 Å². The Morgan fingerprint density at radius 1 is 0.949 bits per heavy atom. The summed E-state index contributed by atoms with van der Waals surface area (Å²) in [6.07, 6.45) is 3.90. The summed E-state index contributed by atoms with van der Waals surface area (Å²) in [5, 5.41) is 8.13. The fraction of sp³-hybridized carbons (Fsp3) is 0.323. The maximum Gasteiger partial charge on any atom is 0.336 e. The molecule has 0 radical (unpaired) electrons. The number of hydrogen-bond acceptors (Lipinski definition) is 7. The minimum absolute atomic E-state index is 0.327. The lowest BCUT2D eigenvalue weighted by atomic mass is 9.79. The molecule has 204 valence electrons. The zero-order valence-corrected chi connectivity index (χ0v) is 23.3. The largest absolute Gasteiger partial charge is 0.493 e. The number of carbonyl (C=O) groups excluding carboxylic acids is 2. The van der Waals surface area contributed by atoms with Crippen molar-refractivity contribution < 1.29 is 23.8 Å². The number of hydrogen-bond donors (Lipinski definition) is 1. The van der Waals surface area contributed by atoms with Crippen molar-refractivity contribution in [2.24, 2.45) is 0 Å². The third-order valence-electron chi connectivity index (χ3n) is 6.85. The van der Waals surface area contributed by atoms with E-state index in [4.69, 9.17) is 19.3 Å². The minimum atomic E-state index is -0.764. The monoisotopic (exact) mass is 529 g/mol. The Bertz CT molecular complexity index is 1400. The van der Waals surface area contributed by atoms with Gasteiger partial charge in [0.25, 0.3) is 0 Å². The van der Waals surface area contributed by atoms with Gasteiger partial charge in [-0.3, -0.25) is 0 Å². The van der Waals surface area contributed by atoms with Crippen molar-refractivity contribution in [3.63, 3.8) is 0 Å². The van der Waals surface area contributed by atoms with Crippen LogP contribution in [0.2, 0.25) is 0 Å². The highest BCUT2D eigenvalue weighted by atomic mass is 16.5. The Balaban J connectivity index is 1.95. The number of aryl methyl sites for hydroxylation is 1. The average molecular weight is 530 g/mol. The number of rotatable bonds is 9. The summed E-state index contributed by atoms with van der Waals surface area (Å²) < 4.78 is 18.1. The number of ether oxygens (including phenoxy) is 3. The smallest absolute Gasteiger partial charge is 0.336 e. The lowest BCUT2D eigenvalue weighted by Gasteiger charge is -2.29. The third kappa shape index (κ3) is 5.60. The van der Waals surface area contributed by atoms with Crippen LogP contribution in [0.3, 0.4) is 0 Å². The minimum Gasteiger partial charge on any atom is -0.493 e. The van der Waals surface area contributed by atoms with E-state index >= 15 is 0 Å². The topological polar surface area (TPSA) is 91.7 Å². The summed E-state index contributed by atoms with van der Waals surface area (Å²) in [6, 6.07) is 15.6. The first-order valence-electron chi connectivity index (χ1n) is 13.0. The lowest BCUT2D eigenvalue weighted by molar-refractivity contribution is -0.137. The number of methoxy groups -OCH3 is 2. The van der Waals surface area contributed by atoms with E-state index in [1.165, 1.54) is 14.2 Å². The molecular formula is C31H35N3O5. The molecule has 8 heteroatoms. The first kappa shape index (κ1) is 27.7. The zero-order chi connectivity index (χ0) is 28.1. The van der Waals surface area contributed by atoms with E-state index in [0.717, 1.165) is 35.4 Å². The molecule has 0 saturated heterocycles. The predicted octanol–water partition coefficient (Wildman–Crippen LogP) is 5.61. The number of dihydropyridines is 1. The predicted molar refractivity (Wildman–Crippen MR) is 149 cm³/mol. The maximum absolute atomic E-state index is 13.1. The molecule has 0 unspecified atom stereocenters. The third-order valence-corrected chi connectivity index (χ3v) is 6.85. The van der Waals surface area contributed by atoms with Gasteiger partial charge in [0, 0.05) is 28.7 Å². The van der Waals surface area contributed by atoms with Crippen molar-refractivity contribution in [3.05, 3.63) is 88.4 Å². The van der Waals surface area contributed by atoms with Gasteiger partial charge in [0.15, 0.2) is 0 Å². The van der Waals surface area contributed by atoms with Crippen molar-refractivity contribution in [1.29, 1.82) is 0 Å². The molecule has 2 aromatic carbocycles. The molecule has 1 aliphatic heterocycles. The Kier molecular flexibility index (Phi) is 8.54. The lowest BCUT2D eigenvalue weighted by Crippen LogP contribution is -2.32. The molecule has 0 bridgehead atoms. The molecule has 0 aliphatic carbocycles. The quantitative estimate of drug-likeness (QED) is 0.285. The van der Waals surface area contributed by atoms with Gasteiger partial charge in [-0.05, 0) is 63.1 Å². The molecule has 39 heavy (non-hydrogen) atoms. The number of unbranched alkanes of at least 4 members (excludes halogenated alkanes) is 1. The normalized spacial score (nSPS) is 13.8. The fourth-order valence-electron chi connectivity index (χ4n) is 4.89. The number of nitrogens with zero attached hydrogens (tertiary/aromatic N) is 2. The number of aromatic nitrogens is 2. The first-order chi connectivity index (χ1) is 18.8. The average Bonchev–Trinajstić information content (AvgIpc) is 3.38. The first-order valence-corrected chi connectivity index (χ1v) is 13.0. The Hall–Kier alpha value is -4.33. The van der Waals surface area contributed by atoms with Gasteiger partial charge in [0.2, 0.25) is 0 Å². The fourth-order valence-corrected chi connectivity index (χ4v) is 4.89. The van der Waals surface area contributed by atoms with Crippen LogP contribution in [0.15, 0.2) is 77.3 Å². The van der Waals surface area contributed by atoms with Gasteiger partial charge < -0.3 is 19.5 Å². The molecule has 1 aromatic heterocycles. The van der Waals surface area contributed by atoms with Crippen LogP contribution in [-0.2, 0) is 19.1 Å². The Morgan fingerprint density at radius 2 is 1.59 bits per heavy atom. The van der Waals surface area contributed by atoms with Crippen LogP contribution in [0.25, 0.3) is 16.9 Å². The summed E-state index contributed by atoms with van der Waals surface area (Å²) in [6.45, 7) is 8.37. The van der Waals surface area contributed by atoms with Crippen molar-refractivity contribution in [2.45, 2.75) is 46.5 Å². The molecule has 0 atom stereocenters. The highest BCUT2D eigenvalue weighted by Crippen LogP contribution is 2.43. The number of esters is 2. The molecule has 0 fully saturated rings. The number of para-hydroxylation sites is 1. The summed E-state index contributed by atoms with van der Waals surface area (Å²) in [5.41, 5.74) is 5.82. The molecular weight excluding hydrogens is 494 g/mol. The van der Waals surface area contributed by atoms with Gasteiger partial charge in [-0.2, -0.15) is 5.10 Å². The molecule has 1 N–H and O–H groups in total. The summed E-state index contributed by atoms with van der Waals surface area (Å²) in [7, 11) is 2.66. The van der Waals surface area contributed by atoms with E-state index in [2.05, 4.69) is 12.2 Å². The van der Waals surface area contributed by atoms with Crippen molar-refractivity contribution in [1.82, 2.24) is 15.1 Å². The van der Waals surface area contributed by atoms with Crippen LogP contribution in [0.4, 0.5) is 0 Å². The van der Waals surface area contributed by atoms with E-state index in [1.54, 1.807) is 18.5 Å². The van der Waals surface area contributed by atoms with Gasteiger partial charge in [-0.1, -0.05) is 31.5 Å². The molecule has 1 aliphatic rings. The van der Waals surface area contributed by atoms with E-state index in [-0.39, 0.29) is 0 Å². The highest BCUT2D eigenvalue weighted by molar-refractivity contribution is 6.00. The Morgan fingerprint density at radius 3 is 2.15 bits per heavy atom. The molecule has 4 rings (SSSR count). The van der Waals surface area contributed by atoms with E-state index in [0.29, 0.717) is 40.4 Å².